The van der Waals surface area contributed by atoms with Crippen LogP contribution in [0.25, 0.3) is 0 Å². The molecule has 0 saturated carbocycles. The second kappa shape index (κ2) is 11.8. The summed E-state index contributed by atoms with van der Waals surface area (Å²) < 4.78 is 0. The maximum absolute atomic E-state index is 2.24. The molecule has 1 atom stereocenters. The SMILES string of the molecule is CC.CCC(C)/C=C\SC. The summed E-state index contributed by atoms with van der Waals surface area (Å²) in [6.45, 7) is 8.43. The van der Waals surface area contributed by atoms with Crippen LogP contribution in [0.4, 0.5) is 0 Å². The molecule has 0 N–H and O–H groups in total. The summed E-state index contributed by atoms with van der Waals surface area (Å²) in [6.07, 6.45) is 5.57. The van der Waals surface area contributed by atoms with Crippen molar-refractivity contribution in [2.75, 3.05) is 6.26 Å². The van der Waals surface area contributed by atoms with Gasteiger partial charge >= 0.3 is 0 Å². The monoisotopic (exact) mass is 160 g/mol. The van der Waals surface area contributed by atoms with Crippen LogP contribution in [0.1, 0.15) is 34.1 Å². The standard InChI is InChI=1S/C7H14S.C2H6/c1-4-7(2)5-6-8-3;1-2/h5-7H,4H2,1-3H3;1-2H3/b6-5-;. The molecule has 10 heavy (non-hydrogen) atoms. The Bertz CT molecular complexity index is 67.1. The highest BCUT2D eigenvalue weighted by Crippen LogP contribution is 2.04. The van der Waals surface area contributed by atoms with Crippen LogP contribution in [0.2, 0.25) is 0 Å². The minimum absolute atomic E-state index is 0.752. The highest BCUT2D eigenvalue weighted by Gasteiger charge is 1.87. The molecule has 1 unspecified atom stereocenters. The molecule has 0 saturated heterocycles. The second-order valence-electron chi connectivity index (χ2n) is 1.95. The lowest BCUT2D eigenvalue weighted by Gasteiger charge is -1.96. The maximum Gasteiger partial charge on any atom is -0.0142 e. The Morgan fingerprint density at radius 1 is 1.40 bits per heavy atom. The minimum Gasteiger partial charge on any atom is -0.138 e. The summed E-state index contributed by atoms with van der Waals surface area (Å²) in [7, 11) is 0. The van der Waals surface area contributed by atoms with Gasteiger partial charge in [-0.1, -0.05) is 40.2 Å². The van der Waals surface area contributed by atoms with Gasteiger partial charge in [-0.25, -0.2) is 0 Å². The summed E-state index contributed by atoms with van der Waals surface area (Å²) in [4.78, 5) is 0. The van der Waals surface area contributed by atoms with Gasteiger partial charge in [0.2, 0.25) is 0 Å². The Hall–Kier alpha value is 0.0900. The topological polar surface area (TPSA) is 0 Å². The first-order valence-electron chi connectivity index (χ1n) is 4.00. The third-order valence-electron chi connectivity index (χ3n) is 1.19. The predicted molar refractivity (Wildman–Crippen MR) is 53.5 cm³/mol. The van der Waals surface area contributed by atoms with Gasteiger partial charge in [-0.2, -0.15) is 0 Å². The molecule has 0 aromatic carbocycles. The number of rotatable bonds is 3. The quantitative estimate of drug-likeness (QED) is 0.602. The molecule has 0 aromatic rings. The first-order valence-corrected chi connectivity index (χ1v) is 5.29. The van der Waals surface area contributed by atoms with Crippen molar-refractivity contribution >= 4 is 11.8 Å². The molecule has 0 spiro atoms. The molecule has 0 heterocycles. The van der Waals surface area contributed by atoms with E-state index < -0.39 is 0 Å². The number of allylic oxidation sites excluding steroid dienone is 1. The fourth-order valence-electron chi connectivity index (χ4n) is 0.349. The molecular weight excluding hydrogens is 140 g/mol. The Morgan fingerprint density at radius 3 is 2.20 bits per heavy atom. The summed E-state index contributed by atoms with van der Waals surface area (Å²) in [5.74, 6) is 0.752. The molecule has 0 amide bonds. The lowest BCUT2D eigenvalue weighted by molar-refractivity contribution is 0.699. The molecule has 0 nitrogen and oxygen atoms in total. The zero-order chi connectivity index (χ0) is 8.41. The van der Waals surface area contributed by atoms with Crippen molar-refractivity contribution < 1.29 is 0 Å². The van der Waals surface area contributed by atoms with Gasteiger partial charge in [-0.15, -0.1) is 11.8 Å². The van der Waals surface area contributed by atoms with Crippen molar-refractivity contribution in [1.29, 1.82) is 0 Å². The zero-order valence-corrected chi connectivity index (χ0v) is 8.66. The van der Waals surface area contributed by atoms with Gasteiger partial charge in [0, 0.05) is 0 Å². The number of hydrogen-bond acceptors (Lipinski definition) is 1. The van der Waals surface area contributed by atoms with E-state index in [2.05, 4.69) is 31.6 Å². The Morgan fingerprint density at radius 2 is 1.90 bits per heavy atom. The van der Waals surface area contributed by atoms with E-state index in [1.165, 1.54) is 6.42 Å². The fraction of sp³-hybridized carbons (Fsp3) is 0.778. The fourth-order valence-corrected chi connectivity index (χ4v) is 0.774. The average Bonchev–Trinajstić information content (AvgIpc) is 2.04. The van der Waals surface area contributed by atoms with E-state index in [4.69, 9.17) is 0 Å². The van der Waals surface area contributed by atoms with E-state index in [-0.39, 0.29) is 0 Å². The number of thioether (sulfide) groups is 1. The minimum atomic E-state index is 0.752. The van der Waals surface area contributed by atoms with E-state index in [1.54, 1.807) is 11.8 Å². The predicted octanol–water partition coefficient (Wildman–Crippen LogP) is 3.94. The third kappa shape index (κ3) is 11.0. The van der Waals surface area contributed by atoms with E-state index in [0.29, 0.717) is 0 Å². The number of hydrogen-bond donors (Lipinski definition) is 0. The van der Waals surface area contributed by atoms with Gasteiger partial charge in [0.05, 0.1) is 0 Å². The van der Waals surface area contributed by atoms with Crippen LogP contribution in [-0.4, -0.2) is 6.26 Å². The van der Waals surface area contributed by atoms with Crippen LogP contribution in [0.5, 0.6) is 0 Å². The molecule has 1 heteroatoms. The normalized spacial score (nSPS) is 12.5. The molecule has 0 radical (unpaired) electrons. The van der Waals surface area contributed by atoms with Crippen LogP contribution in [0.15, 0.2) is 11.5 Å². The molecule has 0 aromatic heterocycles. The van der Waals surface area contributed by atoms with Gasteiger partial charge in [-0.05, 0) is 17.6 Å². The van der Waals surface area contributed by atoms with E-state index in [9.17, 15) is 0 Å². The third-order valence-corrected chi connectivity index (χ3v) is 1.62. The Kier molecular flexibility index (Phi) is 15.1. The molecule has 0 aliphatic heterocycles. The average molecular weight is 160 g/mol. The van der Waals surface area contributed by atoms with Gasteiger partial charge in [-0.3, -0.25) is 0 Å². The molecule has 0 aliphatic rings. The molecule has 0 rings (SSSR count). The first kappa shape index (κ1) is 12.7. The summed E-state index contributed by atoms with van der Waals surface area (Å²) in [6, 6.07) is 0. The maximum atomic E-state index is 2.24. The van der Waals surface area contributed by atoms with Crippen molar-refractivity contribution in [3.63, 3.8) is 0 Å². The van der Waals surface area contributed by atoms with Crippen molar-refractivity contribution in [2.45, 2.75) is 34.1 Å². The van der Waals surface area contributed by atoms with Gasteiger partial charge in [0.25, 0.3) is 0 Å². The Balaban J connectivity index is 0. The lowest BCUT2D eigenvalue weighted by Crippen LogP contribution is -1.82. The van der Waals surface area contributed by atoms with Gasteiger partial charge < -0.3 is 0 Å². The van der Waals surface area contributed by atoms with Crippen LogP contribution >= 0.6 is 11.8 Å². The molecular formula is C9H20S. The van der Waals surface area contributed by atoms with Crippen molar-refractivity contribution in [3.8, 4) is 0 Å². The van der Waals surface area contributed by atoms with E-state index >= 15 is 0 Å². The Labute approximate surface area is 70.1 Å². The smallest absolute Gasteiger partial charge is 0.0142 e. The lowest BCUT2D eigenvalue weighted by atomic mass is 10.1. The van der Waals surface area contributed by atoms with Gasteiger partial charge in [0.15, 0.2) is 0 Å². The first-order chi connectivity index (χ1) is 4.81. The van der Waals surface area contributed by atoms with Crippen molar-refractivity contribution in [3.05, 3.63) is 11.5 Å². The van der Waals surface area contributed by atoms with Crippen molar-refractivity contribution in [2.24, 2.45) is 5.92 Å². The molecule has 0 fully saturated rings. The molecule has 62 valence electrons. The molecule has 0 bridgehead atoms. The van der Waals surface area contributed by atoms with Crippen molar-refractivity contribution in [1.82, 2.24) is 0 Å². The second-order valence-corrected chi connectivity index (χ2v) is 2.69. The highest BCUT2D eigenvalue weighted by atomic mass is 32.2. The largest absolute Gasteiger partial charge is 0.138 e. The van der Waals surface area contributed by atoms with Gasteiger partial charge in [0.1, 0.15) is 0 Å². The van der Waals surface area contributed by atoms with E-state index in [0.717, 1.165) is 5.92 Å². The van der Waals surface area contributed by atoms with Crippen LogP contribution < -0.4 is 0 Å². The van der Waals surface area contributed by atoms with E-state index in [1.807, 2.05) is 13.8 Å². The van der Waals surface area contributed by atoms with Crippen LogP contribution in [0, 0.1) is 5.92 Å². The summed E-state index contributed by atoms with van der Waals surface area (Å²) in [5.41, 5.74) is 0. The molecule has 0 aliphatic carbocycles. The summed E-state index contributed by atoms with van der Waals surface area (Å²) in [5, 5.41) is 2.15. The van der Waals surface area contributed by atoms with Crippen LogP contribution in [0.3, 0.4) is 0 Å². The summed E-state index contributed by atoms with van der Waals surface area (Å²) >= 11 is 1.76. The van der Waals surface area contributed by atoms with Crippen LogP contribution in [-0.2, 0) is 0 Å². The highest BCUT2D eigenvalue weighted by molar-refractivity contribution is 8.01. The zero-order valence-electron chi connectivity index (χ0n) is 7.85.